The molecule has 0 aliphatic heterocycles. The molecule has 6 heteroatoms. The number of aromatic nitrogens is 1. The number of hydrogen-bond acceptors (Lipinski definition) is 4. The molecule has 102 valence electrons. The lowest BCUT2D eigenvalue weighted by molar-refractivity contribution is 0.0824. The summed E-state index contributed by atoms with van der Waals surface area (Å²) in [5.74, 6) is 0.375. The first-order valence-corrected chi connectivity index (χ1v) is 6.43. The van der Waals surface area contributed by atoms with Gasteiger partial charge in [0.15, 0.2) is 6.29 Å². The van der Waals surface area contributed by atoms with Crippen molar-refractivity contribution >= 4 is 29.6 Å². The van der Waals surface area contributed by atoms with Crippen LogP contribution in [0.2, 0.25) is 5.15 Å². The Balaban J connectivity index is 2.49. The van der Waals surface area contributed by atoms with Gasteiger partial charge in [-0.1, -0.05) is 11.6 Å². The first kappa shape index (κ1) is 13.8. The molecular formula is C13H16ClN3O2. The van der Waals surface area contributed by atoms with Crippen LogP contribution in [0.4, 0.5) is 5.82 Å². The largest absolute Gasteiger partial charge is 0.357 e. The van der Waals surface area contributed by atoms with Crippen molar-refractivity contribution in [2.24, 2.45) is 0 Å². The maximum Gasteiger partial charge on any atom is 0.254 e. The van der Waals surface area contributed by atoms with Crippen molar-refractivity contribution in [3.8, 4) is 0 Å². The van der Waals surface area contributed by atoms with Crippen molar-refractivity contribution in [2.75, 3.05) is 26.0 Å². The van der Waals surface area contributed by atoms with Crippen LogP contribution in [-0.4, -0.2) is 49.3 Å². The molecule has 2 rings (SSSR count). The van der Waals surface area contributed by atoms with Gasteiger partial charge in [-0.3, -0.25) is 9.59 Å². The van der Waals surface area contributed by atoms with Crippen LogP contribution in [0, 0.1) is 0 Å². The van der Waals surface area contributed by atoms with Crippen LogP contribution < -0.4 is 4.90 Å². The molecule has 1 heterocycles. The van der Waals surface area contributed by atoms with E-state index in [1.54, 1.807) is 20.2 Å². The molecule has 1 aromatic heterocycles. The molecule has 1 amide bonds. The van der Waals surface area contributed by atoms with Crippen LogP contribution in [-0.2, 0) is 0 Å². The molecule has 1 aliphatic carbocycles. The monoisotopic (exact) mass is 281 g/mol. The van der Waals surface area contributed by atoms with E-state index in [2.05, 4.69) is 4.98 Å². The van der Waals surface area contributed by atoms with Gasteiger partial charge in [0.1, 0.15) is 11.0 Å². The predicted octanol–water partition coefficient (Wildman–Crippen LogP) is 1.85. The van der Waals surface area contributed by atoms with Gasteiger partial charge in [0.2, 0.25) is 0 Å². The molecule has 5 nitrogen and oxygen atoms in total. The molecule has 1 saturated carbocycles. The van der Waals surface area contributed by atoms with Crippen LogP contribution in [0.15, 0.2) is 6.07 Å². The fraction of sp³-hybridized carbons (Fsp3) is 0.462. The lowest BCUT2D eigenvalue weighted by Gasteiger charge is -2.20. The second kappa shape index (κ2) is 5.17. The highest BCUT2D eigenvalue weighted by Crippen LogP contribution is 2.31. The predicted molar refractivity (Wildman–Crippen MR) is 74.1 cm³/mol. The van der Waals surface area contributed by atoms with Crippen molar-refractivity contribution in [3.63, 3.8) is 0 Å². The van der Waals surface area contributed by atoms with Gasteiger partial charge in [0, 0.05) is 27.2 Å². The van der Waals surface area contributed by atoms with E-state index >= 15 is 0 Å². The lowest BCUT2D eigenvalue weighted by Crippen LogP contribution is -2.26. The van der Waals surface area contributed by atoms with Crippen LogP contribution >= 0.6 is 11.6 Å². The van der Waals surface area contributed by atoms with Crippen molar-refractivity contribution in [1.82, 2.24) is 9.88 Å². The fourth-order valence-corrected chi connectivity index (χ4v) is 2.10. The summed E-state index contributed by atoms with van der Waals surface area (Å²) in [6, 6.07) is 2.09. The Labute approximate surface area is 117 Å². The van der Waals surface area contributed by atoms with Crippen LogP contribution in [0.5, 0.6) is 0 Å². The number of anilines is 1. The Hall–Kier alpha value is -1.62. The van der Waals surface area contributed by atoms with Crippen LogP contribution in [0.1, 0.15) is 33.6 Å². The molecule has 1 aliphatic rings. The normalized spacial score (nSPS) is 14.1. The second-order valence-corrected chi connectivity index (χ2v) is 5.25. The summed E-state index contributed by atoms with van der Waals surface area (Å²) in [5.41, 5.74) is 0.441. The summed E-state index contributed by atoms with van der Waals surface area (Å²) < 4.78 is 0. The molecule has 0 atom stereocenters. The first-order valence-electron chi connectivity index (χ1n) is 6.06. The SMILES string of the molecule is CN(C)C(=O)c1cc(N(C)C2CC2)nc(Cl)c1C=O. The summed E-state index contributed by atoms with van der Waals surface area (Å²) in [7, 11) is 5.19. The minimum Gasteiger partial charge on any atom is -0.357 e. The van der Waals surface area contributed by atoms with Gasteiger partial charge in [-0.2, -0.15) is 0 Å². The minimum absolute atomic E-state index is 0.0743. The number of carbonyl (C=O) groups is 2. The number of nitrogens with zero attached hydrogens (tertiary/aromatic N) is 3. The van der Waals surface area contributed by atoms with Crippen molar-refractivity contribution in [3.05, 3.63) is 22.3 Å². The maximum absolute atomic E-state index is 12.1. The molecular weight excluding hydrogens is 266 g/mol. The number of rotatable bonds is 4. The van der Waals surface area contributed by atoms with Gasteiger partial charge >= 0.3 is 0 Å². The van der Waals surface area contributed by atoms with Gasteiger partial charge in [-0.15, -0.1) is 0 Å². The molecule has 0 radical (unpaired) electrons. The maximum atomic E-state index is 12.1. The topological polar surface area (TPSA) is 53.5 Å². The second-order valence-electron chi connectivity index (χ2n) is 4.89. The van der Waals surface area contributed by atoms with Crippen LogP contribution in [0.3, 0.4) is 0 Å². The van der Waals surface area contributed by atoms with E-state index in [1.807, 2.05) is 11.9 Å². The summed E-state index contributed by atoms with van der Waals surface area (Å²) in [6.07, 6.45) is 2.80. The molecule has 0 aromatic carbocycles. The minimum atomic E-state index is -0.253. The average Bonchev–Trinajstić information content (AvgIpc) is 3.20. The van der Waals surface area contributed by atoms with Crippen molar-refractivity contribution in [2.45, 2.75) is 18.9 Å². The third kappa shape index (κ3) is 2.71. The Morgan fingerprint density at radius 1 is 1.42 bits per heavy atom. The Kier molecular flexibility index (Phi) is 3.75. The van der Waals surface area contributed by atoms with E-state index < -0.39 is 0 Å². The van der Waals surface area contributed by atoms with Gasteiger partial charge in [-0.25, -0.2) is 4.98 Å². The van der Waals surface area contributed by atoms with Crippen LogP contribution in [0.25, 0.3) is 0 Å². The standard InChI is InChI=1S/C13H16ClN3O2/c1-16(2)13(19)9-6-11(17(3)8-4-5-8)15-12(14)10(9)7-18/h6-8H,4-5H2,1-3H3. The first-order chi connectivity index (χ1) is 8.95. The number of aldehydes is 1. The van der Waals surface area contributed by atoms with E-state index in [4.69, 9.17) is 11.6 Å². The molecule has 19 heavy (non-hydrogen) atoms. The highest BCUT2D eigenvalue weighted by atomic mass is 35.5. The quantitative estimate of drug-likeness (QED) is 0.624. The van der Waals surface area contributed by atoms with E-state index in [0.29, 0.717) is 23.7 Å². The smallest absolute Gasteiger partial charge is 0.254 e. The highest BCUT2D eigenvalue weighted by molar-refractivity contribution is 6.32. The van der Waals surface area contributed by atoms with Gasteiger partial charge < -0.3 is 9.80 Å². The van der Waals surface area contributed by atoms with Gasteiger partial charge in [0.25, 0.3) is 5.91 Å². The molecule has 1 fully saturated rings. The molecule has 0 bridgehead atoms. The molecule has 0 unspecified atom stereocenters. The Morgan fingerprint density at radius 2 is 2.05 bits per heavy atom. The zero-order valence-corrected chi connectivity index (χ0v) is 11.9. The average molecular weight is 282 g/mol. The fourth-order valence-electron chi connectivity index (χ4n) is 1.87. The number of pyridine rings is 1. The highest BCUT2D eigenvalue weighted by Gasteiger charge is 2.29. The Bertz CT molecular complexity index is 527. The summed E-state index contributed by atoms with van der Waals surface area (Å²) in [6.45, 7) is 0. The molecule has 1 aromatic rings. The Morgan fingerprint density at radius 3 is 2.53 bits per heavy atom. The number of halogens is 1. The van der Waals surface area contributed by atoms with E-state index in [1.165, 1.54) is 4.90 Å². The summed E-state index contributed by atoms with van der Waals surface area (Å²) in [4.78, 5) is 30.8. The zero-order chi connectivity index (χ0) is 14.2. The van der Waals surface area contributed by atoms with Crippen molar-refractivity contribution < 1.29 is 9.59 Å². The molecule has 0 N–H and O–H groups in total. The zero-order valence-electron chi connectivity index (χ0n) is 11.2. The number of hydrogen-bond donors (Lipinski definition) is 0. The summed E-state index contributed by atoms with van der Waals surface area (Å²) in [5, 5.41) is 0.0743. The summed E-state index contributed by atoms with van der Waals surface area (Å²) >= 11 is 6.01. The van der Waals surface area contributed by atoms with Gasteiger partial charge in [-0.05, 0) is 18.9 Å². The number of amides is 1. The third-order valence-corrected chi connectivity index (χ3v) is 3.50. The van der Waals surface area contributed by atoms with E-state index in [-0.39, 0.29) is 16.6 Å². The van der Waals surface area contributed by atoms with Gasteiger partial charge in [0.05, 0.1) is 11.1 Å². The number of carbonyl (C=O) groups excluding carboxylic acids is 2. The molecule has 0 saturated heterocycles. The van der Waals surface area contributed by atoms with Crippen molar-refractivity contribution in [1.29, 1.82) is 0 Å². The molecule has 0 spiro atoms. The van der Waals surface area contributed by atoms with E-state index in [0.717, 1.165) is 12.8 Å². The lowest BCUT2D eigenvalue weighted by atomic mass is 10.1. The third-order valence-electron chi connectivity index (χ3n) is 3.21. The van der Waals surface area contributed by atoms with E-state index in [9.17, 15) is 9.59 Å².